The van der Waals surface area contributed by atoms with Gasteiger partial charge in [-0.05, 0) is 42.7 Å². The zero-order chi connectivity index (χ0) is 19.8. The molecule has 0 aliphatic rings. The van der Waals surface area contributed by atoms with Crippen LogP contribution in [0.2, 0.25) is 0 Å². The van der Waals surface area contributed by atoms with E-state index in [-0.39, 0.29) is 12.0 Å². The van der Waals surface area contributed by atoms with Gasteiger partial charge in [-0.2, -0.15) is 0 Å². The van der Waals surface area contributed by atoms with E-state index in [2.05, 4.69) is 19.1 Å². The standard InChI is InChI=1S/C25H27NO2/c1-3-4-18-24(20-12-7-5-8-13-20)28-23-17-11-16-22(19-23)26(2)25(27)21-14-9-6-10-15-21/h5-17,19,24H,3-4,18H2,1-2H3. The Labute approximate surface area is 167 Å². The van der Waals surface area contributed by atoms with Gasteiger partial charge in [0.2, 0.25) is 0 Å². The molecular weight excluding hydrogens is 346 g/mol. The molecule has 28 heavy (non-hydrogen) atoms. The number of unbranched alkanes of at least 4 members (excludes halogenated alkanes) is 1. The molecule has 0 aliphatic carbocycles. The number of amides is 1. The Bertz CT molecular complexity index is 877. The molecule has 1 unspecified atom stereocenters. The van der Waals surface area contributed by atoms with Gasteiger partial charge in [-0.3, -0.25) is 4.79 Å². The largest absolute Gasteiger partial charge is 0.486 e. The Kier molecular flexibility index (Phi) is 6.85. The highest BCUT2D eigenvalue weighted by Crippen LogP contribution is 2.29. The van der Waals surface area contributed by atoms with E-state index in [1.165, 1.54) is 5.56 Å². The van der Waals surface area contributed by atoms with Crippen LogP contribution in [0.3, 0.4) is 0 Å². The summed E-state index contributed by atoms with van der Waals surface area (Å²) in [6.45, 7) is 2.19. The van der Waals surface area contributed by atoms with E-state index in [4.69, 9.17) is 4.74 Å². The molecular formula is C25H27NO2. The zero-order valence-electron chi connectivity index (χ0n) is 16.5. The van der Waals surface area contributed by atoms with Crippen molar-refractivity contribution in [2.45, 2.75) is 32.3 Å². The molecule has 0 saturated heterocycles. The van der Waals surface area contributed by atoms with Crippen molar-refractivity contribution in [2.75, 3.05) is 11.9 Å². The quantitative estimate of drug-likeness (QED) is 0.465. The van der Waals surface area contributed by atoms with Gasteiger partial charge in [0, 0.05) is 24.4 Å². The maximum atomic E-state index is 12.7. The van der Waals surface area contributed by atoms with Gasteiger partial charge in [-0.1, -0.05) is 67.9 Å². The number of benzene rings is 3. The molecule has 0 aliphatic heterocycles. The lowest BCUT2D eigenvalue weighted by molar-refractivity contribution is 0.0993. The second-order valence-electron chi connectivity index (χ2n) is 6.89. The summed E-state index contributed by atoms with van der Waals surface area (Å²) in [5.74, 6) is 0.735. The number of anilines is 1. The van der Waals surface area contributed by atoms with Crippen molar-refractivity contribution in [3.63, 3.8) is 0 Å². The Morgan fingerprint density at radius 1 is 0.929 bits per heavy atom. The van der Waals surface area contributed by atoms with Gasteiger partial charge in [-0.15, -0.1) is 0 Å². The predicted molar refractivity (Wildman–Crippen MR) is 115 cm³/mol. The monoisotopic (exact) mass is 373 g/mol. The minimum Gasteiger partial charge on any atom is -0.486 e. The highest BCUT2D eigenvalue weighted by molar-refractivity contribution is 6.05. The van der Waals surface area contributed by atoms with Gasteiger partial charge < -0.3 is 9.64 Å². The van der Waals surface area contributed by atoms with Crippen LogP contribution in [0.1, 0.15) is 48.2 Å². The summed E-state index contributed by atoms with van der Waals surface area (Å²) in [4.78, 5) is 14.4. The molecule has 0 spiro atoms. The average Bonchev–Trinajstić information content (AvgIpc) is 2.77. The van der Waals surface area contributed by atoms with Crippen LogP contribution in [0.15, 0.2) is 84.9 Å². The number of nitrogens with zero attached hydrogens (tertiary/aromatic N) is 1. The van der Waals surface area contributed by atoms with Gasteiger partial charge in [0.15, 0.2) is 0 Å². The van der Waals surface area contributed by atoms with E-state index in [9.17, 15) is 4.79 Å². The summed E-state index contributed by atoms with van der Waals surface area (Å²) in [6.07, 6.45) is 3.20. The van der Waals surface area contributed by atoms with Crippen molar-refractivity contribution < 1.29 is 9.53 Å². The second kappa shape index (κ2) is 9.75. The fraction of sp³-hybridized carbons (Fsp3) is 0.240. The van der Waals surface area contributed by atoms with Crippen LogP contribution < -0.4 is 9.64 Å². The Balaban J connectivity index is 1.78. The summed E-state index contributed by atoms with van der Waals surface area (Å²) >= 11 is 0. The van der Waals surface area contributed by atoms with Crippen molar-refractivity contribution in [1.82, 2.24) is 0 Å². The molecule has 0 bridgehead atoms. The lowest BCUT2D eigenvalue weighted by Crippen LogP contribution is -2.26. The van der Waals surface area contributed by atoms with Gasteiger partial charge in [0.05, 0.1) is 0 Å². The van der Waals surface area contributed by atoms with Gasteiger partial charge >= 0.3 is 0 Å². The molecule has 144 valence electrons. The summed E-state index contributed by atoms with van der Waals surface area (Å²) in [5, 5.41) is 0. The topological polar surface area (TPSA) is 29.5 Å². The third-order valence-electron chi connectivity index (χ3n) is 4.80. The SMILES string of the molecule is CCCCC(Oc1cccc(N(C)C(=O)c2ccccc2)c1)c1ccccc1. The maximum absolute atomic E-state index is 12.7. The van der Waals surface area contributed by atoms with Crippen molar-refractivity contribution in [2.24, 2.45) is 0 Å². The van der Waals surface area contributed by atoms with E-state index in [0.717, 1.165) is 30.7 Å². The van der Waals surface area contributed by atoms with E-state index < -0.39 is 0 Å². The van der Waals surface area contributed by atoms with Gasteiger partial charge in [0.25, 0.3) is 5.91 Å². The van der Waals surface area contributed by atoms with Gasteiger partial charge in [-0.25, -0.2) is 0 Å². The van der Waals surface area contributed by atoms with Crippen LogP contribution in [-0.2, 0) is 0 Å². The average molecular weight is 373 g/mol. The van der Waals surface area contributed by atoms with Crippen molar-refractivity contribution >= 4 is 11.6 Å². The predicted octanol–water partition coefficient (Wildman–Crippen LogP) is 6.27. The molecule has 3 aromatic carbocycles. The molecule has 0 heterocycles. The van der Waals surface area contributed by atoms with Gasteiger partial charge in [0.1, 0.15) is 11.9 Å². The van der Waals surface area contributed by atoms with E-state index in [1.54, 1.807) is 11.9 Å². The molecule has 3 rings (SSSR count). The molecule has 0 aromatic heterocycles. The first-order valence-corrected chi connectivity index (χ1v) is 9.84. The zero-order valence-corrected chi connectivity index (χ0v) is 16.5. The highest BCUT2D eigenvalue weighted by Gasteiger charge is 2.16. The summed E-state index contributed by atoms with van der Waals surface area (Å²) < 4.78 is 6.34. The van der Waals surface area contributed by atoms with Crippen LogP contribution in [0.25, 0.3) is 0 Å². The molecule has 0 N–H and O–H groups in total. The number of ether oxygens (including phenoxy) is 1. The van der Waals surface area contributed by atoms with Crippen molar-refractivity contribution in [3.05, 3.63) is 96.1 Å². The van der Waals surface area contributed by atoms with Crippen molar-refractivity contribution in [1.29, 1.82) is 0 Å². The van der Waals surface area contributed by atoms with Crippen LogP contribution in [0, 0.1) is 0 Å². The number of carbonyl (C=O) groups is 1. The van der Waals surface area contributed by atoms with Crippen molar-refractivity contribution in [3.8, 4) is 5.75 Å². The number of carbonyl (C=O) groups excluding carboxylic acids is 1. The van der Waals surface area contributed by atoms with Crippen LogP contribution >= 0.6 is 0 Å². The number of hydrogen-bond donors (Lipinski definition) is 0. The number of rotatable bonds is 8. The molecule has 0 saturated carbocycles. The maximum Gasteiger partial charge on any atom is 0.258 e. The Morgan fingerprint density at radius 3 is 2.29 bits per heavy atom. The first kappa shape index (κ1) is 19.7. The third-order valence-corrected chi connectivity index (χ3v) is 4.80. The lowest BCUT2D eigenvalue weighted by atomic mass is 10.0. The lowest BCUT2D eigenvalue weighted by Gasteiger charge is -2.22. The highest BCUT2D eigenvalue weighted by atomic mass is 16.5. The fourth-order valence-corrected chi connectivity index (χ4v) is 3.17. The summed E-state index contributed by atoms with van der Waals surface area (Å²) in [5.41, 5.74) is 2.66. The normalized spacial score (nSPS) is 11.6. The first-order valence-electron chi connectivity index (χ1n) is 9.84. The molecule has 0 radical (unpaired) electrons. The summed E-state index contributed by atoms with van der Waals surface area (Å²) in [7, 11) is 1.79. The molecule has 0 fully saturated rings. The third kappa shape index (κ3) is 5.01. The van der Waals surface area contributed by atoms with E-state index >= 15 is 0 Å². The van der Waals surface area contributed by atoms with Crippen LogP contribution in [0.4, 0.5) is 5.69 Å². The smallest absolute Gasteiger partial charge is 0.258 e. The second-order valence-corrected chi connectivity index (χ2v) is 6.89. The molecule has 3 aromatic rings. The summed E-state index contributed by atoms with van der Waals surface area (Å²) in [6, 6.07) is 27.4. The van der Waals surface area contributed by atoms with Crippen LogP contribution in [-0.4, -0.2) is 13.0 Å². The number of hydrogen-bond acceptors (Lipinski definition) is 2. The fourth-order valence-electron chi connectivity index (χ4n) is 3.17. The van der Waals surface area contributed by atoms with E-state index in [0.29, 0.717) is 5.56 Å². The Hall–Kier alpha value is -3.07. The Morgan fingerprint density at radius 2 is 1.61 bits per heavy atom. The van der Waals surface area contributed by atoms with Crippen LogP contribution in [0.5, 0.6) is 5.75 Å². The minimum atomic E-state index is -0.0386. The molecule has 1 amide bonds. The minimum absolute atomic E-state index is 0.00605. The first-order chi connectivity index (χ1) is 13.7. The van der Waals surface area contributed by atoms with E-state index in [1.807, 2.05) is 72.8 Å². The molecule has 1 atom stereocenters. The molecule has 3 nitrogen and oxygen atoms in total. The molecule has 3 heteroatoms.